The van der Waals surface area contributed by atoms with Gasteiger partial charge in [-0.15, -0.1) is 0 Å². The van der Waals surface area contributed by atoms with Crippen molar-refractivity contribution in [1.82, 2.24) is 0 Å². The normalized spacial score (nSPS) is 17.9. The van der Waals surface area contributed by atoms with Crippen LogP contribution < -0.4 is 4.90 Å². The highest BCUT2D eigenvalue weighted by atomic mass is 19.1. The summed E-state index contributed by atoms with van der Waals surface area (Å²) in [6.07, 6.45) is -1.52. The fourth-order valence-electron chi connectivity index (χ4n) is 2.27. The Hall–Kier alpha value is -2.16. The number of carbonyl (C=O) groups excluding carboxylic acids is 1. The molecule has 0 N–H and O–H groups in total. The summed E-state index contributed by atoms with van der Waals surface area (Å²) >= 11 is 0. The van der Waals surface area contributed by atoms with Gasteiger partial charge in [0.05, 0.1) is 12.2 Å². The molecule has 0 bridgehead atoms. The van der Waals surface area contributed by atoms with E-state index in [0.717, 1.165) is 5.56 Å². The van der Waals surface area contributed by atoms with E-state index < -0.39 is 12.1 Å². The second-order valence-electron chi connectivity index (χ2n) is 4.33. The number of nitrogens with zero attached hydrogens (tertiary/aromatic N) is 1. The Kier molecular flexibility index (Phi) is 2.59. The summed E-state index contributed by atoms with van der Waals surface area (Å²) in [7, 11) is 0. The maximum Gasteiger partial charge on any atom is 0.266 e. The van der Waals surface area contributed by atoms with Crippen LogP contribution in [0.1, 0.15) is 17.3 Å². The summed E-state index contributed by atoms with van der Waals surface area (Å²) in [4.78, 5) is 13.4. The van der Waals surface area contributed by atoms with E-state index in [0.29, 0.717) is 17.8 Å². The van der Waals surface area contributed by atoms with Gasteiger partial charge in [-0.1, -0.05) is 48.5 Å². The van der Waals surface area contributed by atoms with Gasteiger partial charge in [0.15, 0.2) is 0 Å². The molecule has 3 heteroatoms. The topological polar surface area (TPSA) is 20.3 Å². The zero-order chi connectivity index (χ0) is 12.5. The molecule has 1 amide bonds. The summed E-state index contributed by atoms with van der Waals surface area (Å²) in [5, 5.41) is 0. The molecule has 0 aromatic heterocycles. The van der Waals surface area contributed by atoms with Gasteiger partial charge < -0.3 is 4.90 Å². The fraction of sp³-hybridized carbons (Fsp3) is 0.133. The van der Waals surface area contributed by atoms with Crippen molar-refractivity contribution in [1.29, 1.82) is 0 Å². The van der Waals surface area contributed by atoms with E-state index in [-0.39, 0.29) is 0 Å². The second-order valence-corrected chi connectivity index (χ2v) is 4.33. The molecule has 0 saturated carbocycles. The predicted octanol–water partition coefficient (Wildman–Crippen LogP) is 3.24. The molecule has 1 aliphatic heterocycles. The van der Waals surface area contributed by atoms with Crippen LogP contribution >= 0.6 is 0 Å². The Balaban J connectivity index is 1.96. The Bertz CT molecular complexity index is 582. The molecule has 2 nitrogen and oxygen atoms in total. The monoisotopic (exact) mass is 241 g/mol. The highest BCUT2D eigenvalue weighted by molar-refractivity contribution is 6.03. The van der Waals surface area contributed by atoms with Crippen LogP contribution in [0.15, 0.2) is 54.6 Å². The summed E-state index contributed by atoms with van der Waals surface area (Å²) < 4.78 is 13.9. The van der Waals surface area contributed by atoms with E-state index in [1.165, 1.54) is 4.90 Å². The first-order valence-electron chi connectivity index (χ1n) is 5.85. The Morgan fingerprint density at radius 3 is 2.44 bits per heavy atom. The number of hydrogen-bond acceptors (Lipinski definition) is 1. The molecular weight excluding hydrogens is 229 g/mol. The first kappa shape index (κ1) is 11.0. The molecule has 2 aromatic rings. The summed E-state index contributed by atoms with van der Waals surface area (Å²) in [5.41, 5.74) is 2.15. The van der Waals surface area contributed by atoms with Gasteiger partial charge in [-0.2, -0.15) is 0 Å². The van der Waals surface area contributed by atoms with Crippen LogP contribution in [0.3, 0.4) is 0 Å². The summed E-state index contributed by atoms with van der Waals surface area (Å²) in [5.74, 6) is -0.472. The lowest BCUT2D eigenvalue weighted by molar-refractivity contribution is -0.122. The number of anilines is 1. The van der Waals surface area contributed by atoms with E-state index in [1.807, 2.05) is 36.4 Å². The molecule has 1 unspecified atom stereocenters. The largest absolute Gasteiger partial charge is 0.305 e. The number of carbonyl (C=O) groups is 1. The minimum atomic E-state index is -1.52. The van der Waals surface area contributed by atoms with Crippen molar-refractivity contribution in [2.75, 3.05) is 4.90 Å². The van der Waals surface area contributed by atoms with E-state index in [4.69, 9.17) is 0 Å². The highest BCUT2D eigenvalue weighted by Gasteiger charge is 2.36. The molecule has 1 atom stereocenters. The average molecular weight is 241 g/mol. The number of hydrogen-bond donors (Lipinski definition) is 0. The number of rotatable bonds is 2. The molecule has 2 aromatic carbocycles. The van der Waals surface area contributed by atoms with Crippen molar-refractivity contribution in [3.8, 4) is 0 Å². The first-order chi connectivity index (χ1) is 8.77. The van der Waals surface area contributed by atoms with Crippen molar-refractivity contribution >= 4 is 11.6 Å². The molecule has 0 spiro atoms. The van der Waals surface area contributed by atoms with Crippen molar-refractivity contribution in [2.24, 2.45) is 0 Å². The van der Waals surface area contributed by atoms with Crippen molar-refractivity contribution in [3.63, 3.8) is 0 Å². The van der Waals surface area contributed by atoms with Crippen LogP contribution in [0.5, 0.6) is 0 Å². The lowest BCUT2D eigenvalue weighted by Crippen LogP contribution is -2.27. The Morgan fingerprint density at radius 1 is 1.00 bits per heavy atom. The minimum absolute atomic E-state index is 0.414. The van der Waals surface area contributed by atoms with Gasteiger partial charge in [-0.05, 0) is 11.6 Å². The number of halogens is 1. The van der Waals surface area contributed by atoms with E-state index in [9.17, 15) is 9.18 Å². The highest BCUT2D eigenvalue weighted by Crippen LogP contribution is 2.38. The SMILES string of the molecule is O=C1C(F)c2ccccc2N1Cc1ccccc1. The van der Waals surface area contributed by atoms with Gasteiger partial charge in [0, 0.05) is 5.56 Å². The maximum atomic E-state index is 13.9. The summed E-state index contributed by atoms with van der Waals surface area (Å²) in [6.45, 7) is 0.414. The molecule has 1 aliphatic rings. The van der Waals surface area contributed by atoms with Gasteiger partial charge in [-0.3, -0.25) is 4.79 Å². The first-order valence-corrected chi connectivity index (χ1v) is 5.85. The molecular formula is C15H12FNO. The number of alkyl halides is 1. The van der Waals surface area contributed by atoms with E-state index in [1.54, 1.807) is 18.2 Å². The smallest absolute Gasteiger partial charge is 0.266 e. The summed E-state index contributed by atoms with van der Waals surface area (Å²) in [6, 6.07) is 16.6. The Labute approximate surface area is 105 Å². The molecule has 3 rings (SSSR count). The van der Waals surface area contributed by atoms with Gasteiger partial charge in [0.1, 0.15) is 0 Å². The quantitative estimate of drug-likeness (QED) is 0.790. The van der Waals surface area contributed by atoms with Gasteiger partial charge in [-0.25, -0.2) is 4.39 Å². The van der Waals surface area contributed by atoms with Gasteiger partial charge in [0.2, 0.25) is 6.17 Å². The van der Waals surface area contributed by atoms with E-state index in [2.05, 4.69) is 0 Å². The molecule has 0 fully saturated rings. The molecule has 18 heavy (non-hydrogen) atoms. The van der Waals surface area contributed by atoms with E-state index >= 15 is 0 Å². The number of fused-ring (bicyclic) bond motifs is 1. The van der Waals surface area contributed by atoms with Crippen molar-refractivity contribution in [2.45, 2.75) is 12.7 Å². The predicted molar refractivity (Wildman–Crippen MR) is 67.9 cm³/mol. The third-order valence-corrected chi connectivity index (χ3v) is 3.17. The van der Waals surface area contributed by atoms with Crippen LogP contribution in [0, 0.1) is 0 Å². The molecule has 90 valence electrons. The number of benzene rings is 2. The standard InChI is InChI=1S/C15H12FNO/c16-14-12-8-4-5-9-13(12)17(15(14)18)10-11-6-2-1-3-7-11/h1-9,14H,10H2. The lowest BCUT2D eigenvalue weighted by Gasteiger charge is -2.17. The minimum Gasteiger partial charge on any atom is -0.305 e. The molecule has 0 radical (unpaired) electrons. The van der Waals surface area contributed by atoms with Crippen LogP contribution in [0.2, 0.25) is 0 Å². The van der Waals surface area contributed by atoms with Crippen molar-refractivity contribution < 1.29 is 9.18 Å². The Morgan fingerprint density at radius 2 is 1.67 bits per heavy atom. The third kappa shape index (κ3) is 1.68. The number of para-hydroxylation sites is 1. The maximum absolute atomic E-state index is 13.9. The zero-order valence-electron chi connectivity index (χ0n) is 9.71. The van der Waals surface area contributed by atoms with Crippen LogP contribution in [-0.4, -0.2) is 5.91 Å². The molecule has 0 saturated heterocycles. The fourth-order valence-corrected chi connectivity index (χ4v) is 2.27. The van der Waals surface area contributed by atoms with Gasteiger partial charge >= 0.3 is 0 Å². The third-order valence-electron chi connectivity index (χ3n) is 3.17. The van der Waals surface area contributed by atoms with Gasteiger partial charge in [0.25, 0.3) is 5.91 Å². The number of amides is 1. The molecule has 0 aliphatic carbocycles. The van der Waals surface area contributed by atoms with Crippen LogP contribution in [0.4, 0.5) is 10.1 Å². The molecule has 1 heterocycles. The lowest BCUT2D eigenvalue weighted by atomic mass is 10.1. The van der Waals surface area contributed by atoms with Crippen molar-refractivity contribution in [3.05, 3.63) is 65.7 Å². The zero-order valence-corrected chi connectivity index (χ0v) is 9.71. The van der Waals surface area contributed by atoms with Crippen LogP contribution in [0.25, 0.3) is 0 Å². The van der Waals surface area contributed by atoms with Crippen LogP contribution in [-0.2, 0) is 11.3 Å². The second kappa shape index (κ2) is 4.26. The average Bonchev–Trinajstić information content (AvgIpc) is 2.66.